The molecule has 0 unspecified atom stereocenters. The molecule has 11 heteroatoms. The number of carbonyl (C=O) groups is 1. The summed E-state index contributed by atoms with van der Waals surface area (Å²) in [6.07, 6.45) is 1.48. The van der Waals surface area contributed by atoms with Crippen molar-refractivity contribution in [3.8, 4) is 11.5 Å². The van der Waals surface area contributed by atoms with Crippen molar-refractivity contribution in [1.29, 1.82) is 0 Å². The van der Waals surface area contributed by atoms with Crippen LogP contribution in [0.2, 0.25) is 0 Å². The summed E-state index contributed by atoms with van der Waals surface area (Å²) in [5.74, 6) is 0.617. The minimum Gasteiger partial charge on any atom is -0.493 e. The monoisotopic (exact) mass is 649 g/mol. The molecule has 0 saturated carbocycles. The molecule has 0 spiro atoms. The number of furan rings is 1. The molecule has 0 saturated heterocycles. The van der Waals surface area contributed by atoms with Gasteiger partial charge in [-0.05, 0) is 70.1 Å². The summed E-state index contributed by atoms with van der Waals surface area (Å²) in [5.41, 5.74) is 4.37. The number of carbonyl (C=O) groups excluding carboxylic acids is 1. The van der Waals surface area contributed by atoms with E-state index in [1.54, 1.807) is 36.4 Å². The number of benzene rings is 3. The summed E-state index contributed by atoms with van der Waals surface area (Å²) in [6, 6.07) is 16.9. The molecule has 1 amide bonds. The van der Waals surface area contributed by atoms with Crippen LogP contribution in [0, 0.1) is 13.7 Å². The lowest BCUT2D eigenvalue weighted by molar-refractivity contribution is -0.384. The maximum Gasteiger partial charge on any atom is 0.307 e. The van der Waals surface area contributed by atoms with Crippen molar-refractivity contribution in [3.63, 3.8) is 0 Å². The number of rotatable bonds is 8. The average Bonchev–Trinajstić information content (AvgIpc) is 3.26. The van der Waals surface area contributed by atoms with Crippen molar-refractivity contribution < 1.29 is 23.6 Å². The van der Waals surface area contributed by atoms with Crippen LogP contribution < -0.4 is 14.9 Å². The number of hydrazone groups is 1. The van der Waals surface area contributed by atoms with Crippen LogP contribution in [0.4, 0.5) is 5.69 Å². The molecule has 0 fully saturated rings. The number of hydrogen-bond donors (Lipinski definition) is 1. The van der Waals surface area contributed by atoms with Gasteiger partial charge in [-0.15, -0.1) is 0 Å². The molecular formula is C24H17BrIN3O6. The zero-order valence-electron chi connectivity index (χ0n) is 18.2. The third-order valence-corrected chi connectivity index (χ3v) is 6.13. The van der Waals surface area contributed by atoms with E-state index in [4.69, 9.17) is 13.9 Å². The van der Waals surface area contributed by atoms with E-state index in [2.05, 4.69) is 49.0 Å². The molecule has 0 aliphatic rings. The van der Waals surface area contributed by atoms with E-state index >= 15 is 0 Å². The molecule has 1 N–H and O–H groups in total. The van der Waals surface area contributed by atoms with Crippen LogP contribution in [-0.2, 0) is 6.61 Å². The van der Waals surface area contributed by atoms with Crippen LogP contribution in [0.25, 0.3) is 11.0 Å². The Labute approximate surface area is 221 Å². The fourth-order valence-electron chi connectivity index (χ4n) is 3.22. The number of halogens is 2. The fourth-order valence-corrected chi connectivity index (χ4v) is 4.38. The van der Waals surface area contributed by atoms with Crippen molar-refractivity contribution in [2.45, 2.75) is 6.61 Å². The zero-order chi connectivity index (χ0) is 24.9. The SMILES string of the molecule is COc1cc(/C=N/NC(=O)c2cc3cc(Br)ccc3o2)cc(I)c1OCc1cccc([N+](=O)[O-])c1. The smallest absolute Gasteiger partial charge is 0.307 e. The number of methoxy groups -OCH3 is 1. The molecule has 178 valence electrons. The Balaban J connectivity index is 1.44. The number of nitrogens with zero attached hydrogens (tertiary/aromatic N) is 2. The zero-order valence-corrected chi connectivity index (χ0v) is 21.9. The summed E-state index contributed by atoms with van der Waals surface area (Å²) in [5, 5.41) is 15.8. The van der Waals surface area contributed by atoms with E-state index in [0.717, 1.165) is 13.4 Å². The molecule has 0 bridgehead atoms. The van der Waals surface area contributed by atoms with Gasteiger partial charge in [0.05, 0.1) is 21.8 Å². The first-order valence-corrected chi connectivity index (χ1v) is 12.0. The lowest BCUT2D eigenvalue weighted by Crippen LogP contribution is -2.16. The van der Waals surface area contributed by atoms with Crippen LogP contribution in [0.15, 0.2) is 74.7 Å². The van der Waals surface area contributed by atoms with Gasteiger partial charge in [-0.1, -0.05) is 28.1 Å². The van der Waals surface area contributed by atoms with Crippen molar-refractivity contribution >= 4 is 67.3 Å². The van der Waals surface area contributed by atoms with Crippen LogP contribution in [0.1, 0.15) is 21.7 Å². The van der Waals surface area contributed by atoms with Gasteiger partial charge < -0.3 is 13.9 Å². The maximum atomic E-state index is 12.4. The van der Waals surface area contributed by atoms with E-state index in [0.29, 0.717) is 28.2 Å². The third kappa shape index (κ3) is 5.98. The Kier molecular flexibility index (Phi) is 7.66. The highest BCUT2D eigenvalue weighted by molar-refractivity contribution is 14.1. The van der Waals surface area contributed by atoms with Crippen molar-refractivity contribution in [1.82, 2.24) is 5.43 Å². The number of nitrogens with one attached hydrogen (secondary N) is 1. The van der Waals surface area contributed by atoms with Crippen LogP contribution >= 0.6 is 38.5 Å². The van der Waals surface area contributed by atoms with Crippen LogP contribution in [0.3, 0.4) is 0 Å². The van der Waals surface area contributed by atoms with Gasteiger partial charge >= 0.3 is 5.91 Å². The first-order chi connectivity index (χ1) is 16.8. The number of ether oxygens (including phenoxy) is 2. The molecule has 1 aromatic heterocycles. The van der Waals surface area contributed by atoms with Gasteiger partial charge in [-0.3, -0.25) is 14.9 Å². The van der Waals surface area contributed by atoms with Crippen LogP contribution in [0.5, 0.6) is 11.5 Å². The molecule has 1 heterocycles. The first-order valence-electron chi connectivity index (χ1n) is 10.1. The average molecular weight is 650 g/mol. The molecule has 35 heavy (non-hydrogen) atoms. The molecule has 0 atom stereocenters. The number of nitro benzene ring substituents is 1. The Bertz CT molecular complexity index is 1450. The minimum absolute atomic E-state index is 0.00288. The lowest BCUT2D eigenvalue weighted by Gasteiger charge is -2.13. The maximum absolute atomic E-state index is 12.4. The van der Waals surface area contributed by atoms with Gasteiger partial charge in [0.1, 0.15) is 12.2 Å². The predicted octanol–water partition coefficient (Wildman–Crippen LogP) is 6.06. The Hall–Kier alpha value is -3.45. The molecule has 0 aliphatic carbocycles. The van der Waals surface area contributed by atoms with E-state index in [1.807, 2.05) is 12.1 Å². The Morgan fingerprint density at radius 2 is 2.06 bits per heavy atom. The second-order valence-corrected chi connectivity index (χ2v) is 9.32. The lowest BCUT2D eigenvalue weighted by atomic mass is 10.2. The summed E-state index contributed by atoms with van der Waals surface area (Å²) in [4.78, 5) is 22.9. The van der Waals surface area contributed by atoms with Gasteiger partial charge in [0.15, 0.2) is 17.3 Å². The highest BCUT2D eigenvalue weighted by Gasteiger charge is 2.14. The van der Waals surface area contributed by atoms with Gasteiger partial charge in [-0.2, -0.15) is 5.10 Å². The number of amides is 1. The third-order valence-electron chi connectivity index (χ3n) is 4.84. The number of fused-ring (bicyclic) bond motifs is 1. The highest BCUT2D eigenvalue weighted by Crippen LogP contribution is 2.34. The van der Waals surface area contributed by atoms with Gasteiger partial charge in [-0.25, -0.2) is 5.43 Å². The highest BCUT2D eigenvalue weighted by atomic mass is 127. The first kappa shape index (κ1) is 24.7. The summed E-state index contributed by atoms with van der Waals surface area (Å²) < 4.78 is 18.5. The van der Waals surface area contributed by atoms with E-state index < -0.39 is 10.8 Å². The van der Waals surface area contributed by atoms with Gasteiger partial charge in [0.25, 0.3) is 5.69 Å². The number of non-ortho nitro benzene ring substituents is 1. The molecule has 4 aromatic rings. The molecule has 0 radical (unpaired) electrons. The van der Waals surface area contributed by atoms with Crippen molar-refractivity contribution in [2.75, 3.05) is 7.11 Å². The van der Waals surface area contributed by atoms with Crippen molar-refractivity contribution in [2.24, 2.45) is 5.10 Å². The van der Waals surface area contributed by atoms with Gasteiger partial charge in [0.2, 0.25) is 0 Å². The second-order valence-electron chi connectivity index (χ2n) is 7.24. The quantitative estimate of drug-likeness (QED) is 0.107. The molecule has 9 nitrogen and oxygen atoms in total. The van der Waals surface area contributed by atoms with E-state index in [-0.39, 0.29) is 18.1 Å². The Morgan fingerprint density at radius 3 is 2.83 bits per heavy atom. The van der Waals surface area contributed by atoms with E-state index in [1.165, 1.54) is 25.5 Å². The number of hydrogen-bond acceptors (Lipinski definition) is 7. The standard InChI is InChI=1S/C24H17BrIN3O6/c1-33-21-9-15(8-19(26)23(21)34-13-14-3-2-4-18(7-14)29(31)32)12-27-28-24(30)22-11-16-10-17(25)5-6-20(16)35-22/h2-12H,13H2,1H3,(H,28,30)/b27-12+. The second kappa shape index (κ2) is 10.9. The number of nitro groups is 1. The molecule has 3 aromatic carbocycles. The normalized spacial score (nSPS) is 11.1. The van der Waals surface area contributed by atoms with Crippen LogP contribution in [-0.4, -0.2) is 24.2 Å². The van der Waals surface area contributed by atoms with E-state index in [9.17, 15) is 14.9 Å². The van der Waals surface area contributed by atoms with Gasteiger partial charge in [0, 0.05) is 22.0 Å². The summed E-state index contributed by atoms with van der Waals surface area (Å²) in [6.45, 7) is 0.131. The minimum atomic E-state index is -0.479. The summed E-state index contributed by atoms with van der Waals surface area (Å²) >= 11 is 5.49. The fraction of sp³-hybridized carbons (Fsp3) is 0.0833. The largest absolute Gasteiger partial charge is 0.493 e. The molecular weight excluding hydrogens is 633 g/mol. The molecule has 4 rings (SSSR count). The molecule has 0 aliphatic heterocycles. The Morgan fingerprint density at radius 1 is 1.23 bits per heavy atom. The topological polar surface area (TPSA) is 116 Å². The summed E-state index contributed by atoms with van der Waals surface area (Å²) in [7, 11) is 1.51. The van der Waals surface area contributed by atoms with Crippen molar-refractivity contribution in [3.05, 3.63) is 95.7 Å². The predicted molar refractivity (Wildman–Crippen MR) is 142 cm³/mol.